The molecule has 0 aliphatic carbocycles. The molecule has 5 nitrogen and oxygen atoms in total. The number of carbonyl (C=O) groups is 1. The lowest BCUT2D eigenvalue weighted by Gasteiger charge is -2.02. The lowest BCUT2D eigenvalue weighted by molar-refractivity contribution is 0.0913. The van der Waals surface area contributed by atoms with Gasteiger partial charge in [0.2, 0.25) is 5.76 Å². The number of hydrogen-bond donors (Lipinski definition) is 2. The van der Waals surface area contributed by atoms with Gasteiger partial charge in [-0.15, -0.1) is 11.3 Å². The van der Waals surface area contributed by atoms with Crippen LogP contribution in [0.5, 0.6) is 0 Å². The molecule has 1 amide bonds. The van der Waals surface area contributed by atoms with Crippen molar-refractivity contribution in [2.24, 2.45) is 0 Å². The van der Waals surface area contributed by atoms with Gasteiger partial charge >= 0.3 is 0 Å². The molecule has 104 valence electrons. The zero-order valence-electron chi connectivity index (χ0n) is 11.0. The third kappa shape index (κ3) is 3.47. The van der Waals surface area contributed by atoms with Crippen LogP contribution >= 0.6 is 11.3 Å². The normalized spacial score (nSPS) is 9.90. The predicted octanol–water partition coefficient (Wildman–Crippen LogP) is 1.71. The van der Waals surface area contributed by atoms with Gasteiger partial charge in [0.1, 0.15) is 0 Å². The predicted molar refractivity (Wildman–Crippen MR) is 75.3 cm³/mol. The molecule has 0 spiro atoms. The minimum absolute atomic E-state index is 0.0496. The number of amides is 1. The van der Waals surface area contributed by atoms with Gasteiger partial charge in [-0.1, -0.05) is 17.0 Å². The van der Waals surface area contributed by atoms with Crippen molar-refractivity contribution in [3.8, 4) is 11.8 Å². The van der Waals surface area contributed by atoms with Crippen LogP contribution < -0.4 is 5.32 Å². The number of thiophene rings is 1. The summed E-state index contributed by atoms with van der Waals surface area (Å²) in [7, 11) is 0. The van der Waals surface area contributed by atoms with Crippen molar-refractivity contribution in [3.63, 3.8) is 0 Å². The summed E-state index contributed by atoms with van der Waals surface area (Å²) in [6.45, 7) is 2.20. The lowest BCUT2D eigenvalue weighted by atomic mass is 10.2. The van der Waals surface area contributed by atoms with E-state index in [0.29, 0.717) is 18.5 Å². The maximum Gasteiger partial charge on any atom is 0.290 e. The van der Waals surface area contributed by atoms with Crippen LogP contribution in [0, 0.1) is 18.8 Å². The number of nitrogens with zero attached hydrogens (tertiary/aromatic N) is 1. The van der Waals surface area contributed by atoms with Crippen LogP contribution in [0.1, 0.15) is 33.0 Å². The zero-order valence-corrected chi connectivity index (χ0v) is 11.8. The molecule has 0 radical (unpaired) electrons. The maximum atomic E-state index is 11.9. The third-order valence-electron chi connectivity index (χ3n) is 2.57. The van der Waals surface area contributed by atoms with E-state index in [0.717, 1.165) is 10.4 Å². The maximum absolute atomic E-state index is 11.9. The summed E-state index contributed by atoms with van der Waals surface area (Å²) < 4.78 is 4.89. The summed E-state index contributed by atoms with van der Waals surface area (Å²) in [6.07, 6.45) is 1.95. The molecule has 0 unspecified atom stereocenters. The van der Waals surface area contributed by atoms with Gasteiger partial charge in [-0.3, -0.25) is 4.79 Å². The fourth-order valence-corrected chi connectivity index (χ4v) is 2.32. The van der Waals surface area contributed by atoms with Gasteiger partial charge in [-0.05, 0) is 18.4 Å². The second-order valence-corrected chi connectivity index (χ2v) is 5.05. The number of carbonyl (C=O) groups excluding carboxylic acids is 1. The first-order valence-corrected chi connectivity index (χ1v) is 6.96. The fourth-order valence-electron chi connectivity index (χ4n) is 1.55. The van der Waals surface area contributed by atoms with Crippen LogP contribution in [0.25, 0.3) is 0 Å². The molecule has 20 heavy (non-hydrogen) atoms. The van der Waals surface area contributed by atoms with Crippen LogP contribution in [0.4, 0.5) is 0 Å². The topological polar surface area (TPSA) is 75.4 Å². The number of aromatic nitrogens is 1. The molecule has 0 aliphatic rings. The van der Waals surface area contributed by atoms with Crippen molar-refractivity contribution in [2.45, 2.75) is 19.9 Å². The number of aliphatic hydroxyl groups excluding tert-OH is 1. The van der Waals surface area contributed by atoms with Crippen LogP contribution in [-0.4, -0.2) is 22.8 Å². The average Bonchev–Trinajstić information content (AvgIpc) is 3.05. The Morgan fingerprint density at radius 3 is 3.15 bits per heavy atom. The van der Waals surface area contributed by atoms with Crippen LogP contribution in [-0.2, 0) is 6.54 Å². The Kier molecular flexibility index (Phi) is 4.93. The van der Waals surface area contributed by atoms with Crippen molar-refractivity contribution >= 4 is 17.2 Å². The first kappa shape index (κ1) is 14.3. The largest absolute Gasteiger partial charge is 0.395 e. The van der Waals surface area contributed by atoms with Gasteiger partial charge in [0.15, 0.2) is 0 Å². The van der Waals surface area contributed by atoms with Crippen molar-refractivity contribution < 1.29 is 14.4 Å². The average molecular weight is 290 g/mol. The van der Waals surface area contributed by atoms with E-state index in [9.17, 15) is 4.79 Å². The molecule has 2 rings (SSSR count). The molecule has 2 heterocycles. The van der Waals surface area contributed by atoms with E-state index in [-0.39, 0.29) is 18.3 Å². The number of aliphatic hydroxyl groups is 1. The van der Waals surface area contributed by atoms with Crippen LogP contribution in [0.2, 0.25) is 0 Å². The quantitative estimate of drug-likeness (QED) is 0.841. The van der Waals surface area contributed by atoms with E-state index < -0.39 is 0 Å². The smallest absolute Gasteiger partial charge is 0.290 e. The van der Waals surface area contributed by atoms with Crippen molar-refractivity contribution in [2.75, 3.05) is 6.61 Å². The summed E-state index contributed by atoms with van der Waals surface area (Å²) >= 11 is 1.53. The number of aryl methyl sites for hydroxylation is 1. The molecule has 0 fully saturated rings. The molecule has 0 atom stereocenters. The van der Waals surface area contributed by atoms with E-state index in [1.165, 1.54) is 17.5 Å². The Balaban J connectivity index is 1.98. The lowest BCUT2D eigenvalue weighted by Crippen LogP contribution is -2.22. The fraction of sp³-hybridized carbons (Fsp3) is 0.286. The standard InChI is InChI=1S/C14H14N2O3S/c1-10-8-16-19-13(10)14(18)15-9-12-11(5-7-20-12)4-2-3-6-17/h5,7-8,17H,3,6,9H2,1H3,(H,15,18). The van der Waals surface area contributed by atoms with E-state index in [1.807, 2.05) is 11.4 Å². The number of nitrogens with one attached hydrogen (secondary N) is 1. The molecule has 0 saturated heterocycles. The molecule has 2 aromatic rings. The third-order valence-corrected chi connectivity index (χ3v) is 3.49. The molecule has 0 bridgehead atoms. The van der Waals surface area contributed by atoms with Crippen molar-refractivity contribution in [3.05, 3.63) is 39.4 Å². The van der Waals surface area contributed by atoms with Gasteiger partial charge in [0.25, 0.3) is 5.91 Å². The minimum Gasteiger partial charge on any atom is -0.395 e. The molecular formula is C14H14N2O3S. The molecule has 2 aromatic heterocycles. The Bertz CT molecular complexity index is 649. The van der Waals surface area contributed by atoms with E-state index >= 15 is 0 Å². The van der Waals surface area contributed by atoms with E-state index in [4.69, 9.17) is 9.63 Å². The molecule has 0 aliphatic heterocycles. The second-order valence-electron chi connectivity index (χ2n) is 4.05. The van der Waals surface area contributed by atoms with Crippen molar-refractivity contribution in [1.29, 1.82) is 0 Å². The Labute approximate surface area is 120 Å². The summed E-state index contributed by atoms with van der Waals surface area (Å²) in [4.78, 5) is 12.9. The molecule has 2 N–H and O–H groups in total. The molecular weight excluding hydrogens is 276 g/mol. The van der Waals surface area contributed by atoms with E-state index in [2.05, 4.69) is 22.3 Å². The number of rotatable bonds is 4. The molecule has 0 saturated carbocycles. The van der Waals surface area contributed by atoms with Gasteiger partial charge in [0.05, 0.1) is 19.3 Å². The molecule has 6 heteroatoms. The van der Waals surface area contributed by atoms with Crippen LogP contribution in [0.15, 0.2) is 22.2 Å². The number of hydrogen-bond acceptors (Lipinski definition) is 5. The summed E-state index contributed by atoms with van der Waals surface area (Å²) in [5, 5.41) is 17.0. The highest BCUT2D eigenvalue weighted by atomic mass is 32.1. The minimum atomic E-state index is -0.289. The SMILES string of the molecule is Cc1cnoc1C(=O)NCc1sccc1C#CCCO. The first-order chi connectivity index (χ1) is 9.72. The Morgan fingerprint density at radius 1 is 1.60 bits per heavy atom. The van der Waals surface area contributed by atoms with Crippen molar-refractivity contribution in [1.82, 2.24) is 10.5 Å². The summed E-state index contributed by atoms with van der Waals surface area (Å²) in [5.74, 6) is 5.79. The Hall–Kier alpha value is -2.10. The monoisotopic (exact) mass is 290 g/mol. The van der Waals surface area contributed by atoms with Gasteiger partial charge in [-0.25, -0.2) is 0 Å². The summed E-state index contributed by atoms with van der Waals surface area (Å²) in [6, 6.07) is 1.90. The van der Waals surface area contributed by atoms with Gasteiger partial charge in [0, 0.05) is 22.4 Å². The highest BCUT2D eigenvalue weighted by Crippen LogP contribution is 2.16. The van der Waals surface area contributed by atoms with Gasteiger partial charge < -0.3 is 14.9 Å². The van der Waals surface area contributed by atoms with E-state index in [1.54, 1.807) is 6.92 Å². The van der Waals surface area contributed by atoms with Gasteiger partial charge in [-0.2, -0.15) is 0 Å². The van der Waals surface area contributed by atoms with Crippen LogP contribution in [0.3, 0.4) is 0 Å². The first-order valence-electron chi connectivity index (χ1n) is 6.08. The summed E-state index contributed by atoms with van der Waals surface area (Å²) in [5.41, 5.74) is 1.58. The Morgan fingerprint density at radius 2 is 2.45 bits per heavy atom. The highest BCUT2D eigenvalue weighted by molar-refractivity contribution is 7.10. The zero-order chi connectivity index (χ0) is 14.4. The molecule has 0 aromatic carbocycles. The highest BCUT2D eigenvalue weighted by Gasteiger charge is 2.14. The second kappa shape index (κ2) is 6.89.